The summed E-state index contributed by atoms with van der Waals surface area (Å²) in [6, 6.07) is 18.2. The normalized spacial score (nSPS) is 10.9. The van der Waals surface area contributed by atoms with Crippen molar-refractivity contribution >= 4 is 33.6 Å². The van der Waals surface area contributed by atoms with Crippen LogP contribution in [0.1, 0.15) is 26.5 Å². The number of carbonyl (C=O) groups excluding carboxylic acids is 2. The summed E-state index contributed by atoms with van der Waals surface area (Å²) in [4.78, 5) is 32.5. The van der Waals surface area contributed by atoms with Crippen LogP contribution in [0, 0.1) is 0 Å². The number of nitrogens with one attached hydrogen (secondary N) is 1. The van der Waals surface area contributed by atoms with Gasteiger partial charge in [-0.3, -0.25) is 4.79 Å². The molecule has 0 unspecified atom stereocenters. The molecule has 5 nitrogen and oxygen atoms in total. The van der Waals surface area contributed by atoms with E-state index in [4.69, 9.17) is 4.74 Å². The maximum atomic E-state index is 13.0. The molecule has 122 valence electrons. The van der Waals surface area contributed by atoms with Crippen molar-refractivity contribution in [1.29, 1.82) is 0 Å². The van der Waals surface area contributed by atoms with E-state index in [-0.39, 0.29) is 17.2 Å². The highest BCUT2D eigenvalue weighted by molar-refractivity contribution is 6.19. The summed E-state index contributed by atoms with van der Waals surface area (Å²) in [5.41, 5.74) is 2.32. The lowest BCUT2D eigenvalue weighted by molar-refractivity contribution is 0.0594. The molecule has 5 heteroatoms. The van der Waals surface area contributed by atoms with Gasteiger partial charge in [-0.25, -0.2) is 9.78 Å². The molecule has 0 atom stereocenters. The molecular weight excluding hydrogens is 316 g/mol. The Morgan fingerprint density at radius 1 is 0.960 bits per heavy atom. The van der Waals surface area contributed by atoms with Gasteiger partial charge in [0.1, 0.15) is 11.4 Å². The number of aromatic amines is 1. The van der Waals surface area contributed by atoms with E-state index < -0.39 is 5.97 Å². The summed E-state index contributed by atoms with van der Waals surface area (Å²) in [6.45, 7) is 0. The summed E-state index contributed by atoms with van der Waals surface area (Å²) in [5.74, 6) is -0.822. The fourth-order valence-electron chi connectivity index (χ4n) is 2.95. The van der Waals surface area contributed by atoms with Crippen LogP contribution < -0.4 is 0 Å². The molecule has 0 bridgehead atoms. The minimum atomic E-state index is -0.575. The molecule has 25 heavy (non-hydrogen) atoms. The second-order valence-electron chi connectivity index (χ2n) is 5.64. The molecule has 0 saturated heterocycles. The molecule has 2 aromatic heterocycles. The standard InChI is InChI=1S/C20H14N2O3/c1-25-20(24)16-11-14-13-9-5-6-10-15(13)21-17(14)18(22-16)19(23)12-7-3-2-4-8-12/h2-11,21H,1H3. The highest BCUT2D eigenvalue weighted by Gasteiger charge is 2.21. The Kier molecular flexibility index (Phi) is 3.54. The first-order valence-electron chi connectivity index (χ1n) is 7.78. The number of hydrogen-bond donors (Lipinski definition) is 1. The van der Waals surface area contributed by atoms with Crippen LogP contribution in [-0.4, -0.2) is 28.8 Å². The third kappa shape index (κ3) is 2.46. The number of benzene rings is 2. The summed E-state index contributed by atoms with van der Waals surface area (Å²) < 4.78 is 4.79. The zero-order valence-electron chi connectivity index (χ0n) is 13.4. The zero-order valence-corrected chi connectivity index (χ0v) is 13.4. The third-order valence-electron chi connectivity index (χ3n) is 4.14. The number of H-pyrrole nitrogens is 1. The predicted molar refractivity (Wildman–Crippen MR) is 94.8 cm³/mol. The number of esters is 1. The van der Waals surface area contributed by atoms with E-state index in [9.17, 15) is 9.59 Å². The van der Waals surface area contributed by atoms with Gasteiger partial charge in [0, 0.05) is 21.9 Å². The van der Waals surface area contributed by atoms with Gasteiger partial charge in [-0.15, -0.1) is 0 Å². The Bertz CT molecular complexity index is 1110. The lowest BCUT2D eigenvalue weighted by Crippen LogP contribution is -2.11. The van der Waals surface area contributed by atoms with Gasteiger partial charge in [-0.1, -0.05) is 48.5 Å². The number of para-hydroxylation sites is 1. The number of methoxy groups -OCH3 is 1. The maximum Gasteiger partial charge on any atom is 0.356 e. The molecular formula is C20H14N2O3. The maximum absolute atomic E-state index is 13.0. The molecule has 2 heterocycles. The average molecular weight is 330 g/mol. The van der Waals surface area contributed by atoms with E-state index in [2.05, 4.69) is 9.97 Å². The summed E-state index contributed by atoms with van der Waals surface area (Å²) in [6.07, 6.45) is 0. The van der Waals surface area contributed by atoms with Crippen LogP contribution in [0.15, 0.2) is 60.7 Å². The first-order valence-corrected chi connectivity index (χ1v) is 7.78. The number of carbonyl (C=O) groups is 2. The molecule has 0 aliphatic rings. The lowest BCUT2D eigenvalue weighted by Gasteiger charge is -2.05. The molecule has 4 aromatic rings. The first kappa shape index (κ1) is 15.1. The number of fused-ring (bicyclic) bond motifs is 3. The second kappa shape index (κ2) is 5.87. The van der Waals surface area contributed by atoms with Crippen LogP contribution in [0.3, 0.4) is 0 Å². The van der Waals surface area contributed by atoms with E-state index in [1.54, 1.807) is 30.3 Å². The largest absolute Gasteiger partial charge is 0.464 e. The van der Waals surface area contributed by atoms with Gasteiger partial charge in [0.25, 0.3) is 0 Å². The van der Waals surface area contributed by atoms with Gasteiger partial charge in [0.2, 0.25) is 5.78 Å². The van der Waals surface area contributed by atoms with Crippen LogP contribution in [0.5, 0.6) is 0 Å². The minimum absolute atomic E-state index is 0.110. The number of ketones is 1. The molecule has 0 amide bonds. The Balaban J connectivity index is 2.04. The third-order valence-corrected chi connectivity index (χ3v) is 4.14. The van der Waals surface area contributed by atoms with Gasteiger partial charge in [0.15, 0.2) is 0 Å². The lowest BCUT2D eigenvalue weighted by atomic mass is 10.0. The summed E-state index contributed by atoms with van der Waals surface area (Å²) >= 11 is 0. The van der Waals surface area contributed by atoms with Crippen molar-refractivity contribution in [2.45, 2.75) is 0 Å². The minimum Gasteiger partial charge on any atom is -0.464 e. The van der Waals surface area contributed by atoms with Crippen LogP contribution in [0.25, 0.3) is 21.8 Å². The molecule has 2 aromatic carbocycles. The van der Waals surface area contributed by atoms with Gasteiger partial charge < -0.3 is 9.72 Å². The molecule has 0 saturated carbocycles. The molecule has 0 aliphatic carbocycles. The number of hydrogen-bond acceptors (Lipinski definition) is 4. The quantitative estimate of drug-likeness (QED) is 0.459. The van der Waals surface area contributed by atoms with Gasteiger partial charge in [-0.05, 0) is 12.1 Å². The molecule has 0 radical (unpaired) electrons. The van der Waals surface area contributed by atoms with Crippen molar-refractivity contribution in [3.05, 3.63) is 77.6 Å². The average Bonchev–Trinajstić information content (AvgIpc) is 3.05. The van der Waals surface area contributed by atoms with E-state index in [1.807, 2.05) is 30.3 Å². The summed E-state index contributed by atoms with van der Waals surface area (Å²) in [5, 5.41) is 1.69. The summed E-state index contributed by atoms with van der Waals surface area (Å²) in [7, 11) is 1.29. The van der Waals surface area contributed by atoms with Crippen molar-refractivity contribution in [3.8, 4) is 0 Å². The van der Waals surface area contributed by atoms with Gasteiger partial charge in [0.05, 0.1) is 12.6 Å². The number of rotatable bonds is 3. The molecule has 0 spiro atoms. The predicted octanol–water partition coefficient (Wildman–Crippen LogP) is 3.73. The highest BCUT2D eigenvalue weighted by Crippen LogP contribution is 2.29. The second-order valence-corrected chi connectivity index (χ2v) is 5.64. The highest BCUT2D eigenvalue weighted by atomic mass is 16.5. The van der Waals surface area contributed by atoms with Gasteiger partial charge in [-0.2, -0.15) is 0 Å². The molecule has 1 N–H and O–H groups in total. The number of nitrogens with zero attached hydrogens (tertiary/aromatic N) is 1. The molecule has 0 aliphatic heterocycles. The van der Waals surface area contributed by atoms with Crippen molar-refractivity contribution < 1.29 is 14.3 Å². The van der Waals surface area contributed by atoms with E-state index in [0.29, 0.717) is 11.1 Å². The van der Waals surface area contributed by atoms with Crippen LogP contribution in [0.4, 0.5) is 0 Å². The first-order chi connectivity index (χ1) is 12.2. The van der Waals surface area contributed by atoms with E-state index in [0.717, 1.165) is 16.3 Å². The van der Waals surface area contributed by atoms with Crippen molar-refractivity contribution in [2.75, 3.05) is 7.11 Å². The van der Waals surface area contributed by atoms with E-state index in [1.165, 1.54) is 7.11 Å². The fraction of sp³-hybridized carbons (Fsp3) is 0.0500. The van der Waals surface area contributed by atoms with E-state index >= 15 is 0 Å². The monoisotopic (exact) mass is 330 g/mol. The molecule has 0 fully saturated rings. The van der Waals surface area contributed by atoms with Crippen molar-refractivity contribution in [3.63, 3.8) is 0 Å². The Labute approximate surface area is 143 Å². The molecule has 4 rings (SSSR count). The Hall–Kier alpha value is -3.47. The zero-order chi connectivity index (χ0) is 17.4. The topological polar surface area (TPSA) is 72.1 Å². The van der Waals surface area contributed by atoms with Crippen LogP contribution in [0.2, 0.25) is 0 Å². The van der Waals surface area contributed by atoms with Crippen LogP contribution in [-0.2, 0) is 4.74 Å². The van der Waals surface area contributed by atoms with Crippen molar-refractivity contribution in [2.24, 2.45) is 0 Å². The smallest absolute Gasteiger partial charge is 0.356 e. The number of pyridine rings is 1. The van der Waals surface area contributed by atoms with Gasteiger partial charge >= 0.3 is 5.97 Å². The number of aromatic nitrogens is 2. The van der Waals surface area contributed by atoms with Crippen LogP contribution >= 0.6 is 0 Å². The Morgan fingerprint density at radius 3 is 2.44 bits per heavy atom. The SMILES string of the molecule is COC(=O)c1cc2c([nH]c3ccccc32)c(C(=O)c2ccccc2)n1. The number of ether oxygens (including phenoxy) is 1. The Morgan fingerprint density at radius 2 is 1.68 bits per heavy atom. The van der Waals surface area contributed by atoms with Crippen molar-refractivity contribution in [1.82, 2.24) is 9.97 Å². The fourth-order valence-corrected chi connectivity index (χ4v) is 2.95.